The van der Waals surface area contributed by atoms with Crippen LogP contribution in [0.4, 0.5) is 5.69 Å². The Balaban J connectivity index is 3.18. The van der Waals surface area contributed by atoms with Crippen molar-refractivity contribution in [3.63, 3.8) is 0 Å². The first kappa shape index (κ1) is 11.9. The van der Waals surface area contributed by atoms with Crippen LogP contribution in [0.5, 0.6) is 0 Å². The number of hydrogen-bond acceptors (Lipinski definition) is 3. The predicted octanol–water partition coefficient (Wildman–Crippen LogP) is 2.39. The zero-order valence-electron chi connectivity index (χ0n) is 8.93. The second-order valence-electron chi connectivity index (χ2n) is 3.44. The van der Waals surface area contributed by atoms with Gasteiger partial charge in [0.25, 0.3) is 5.69 Å². The summed E-state index contributed by atoms with van der Waals surface area (Å²) in [7, 11) is 0. The number of nitro groups is 1. The highest BCUT2D eigenvalue weighted by Crippen LogP contribution is 2.20. The highest BCUT2D eigenvalue weighted by Gasteiger charge is 2.10. The van der Waals surface area contributed by atoms with Crippen LogP contribution in [-0.4, -0.2) is 16.0 Å². The third kappa shape index (κ3) is 2.66. The van der Waals surface area contributed by atoms with Crippen LogP contribution in [0.15, 0.2) is 23.8 Å². The van der Waals surface area contributed by atoms with Gasteiger partial charge in [0.05, 0.1) is 4.92 Å². The summed E-state index contributed by atoms with van der Waals surface area (Å²) in [6.45, 7) is 3.07. The maximum Gasteiger partial charge on any atom is 0.331 e. The van der Waals surface area contributed by atoms with E-state index in [-0.39, 0.29) is 11.3 Å². The largest absolute Gasteiger partial charge is 0.478 e. The Kier molecular flexibility index (Phi) is 3.40. The SMILES string of the molecule is CC(=Cc1ccc(C)c([N+](=O)[O-])c1)C(=O)O. The maximum absolute atomic E-state index is 10.7. The van der Waals surface area contributed by atoms with Crippen molar-refractivity contribution in [3.8, 4) is 0 Å². The third-order valence-electron chi connectivity index (χ3n) is 2.15. The lowest BCUT2D eigenvalue weighted by Crippen LogP contribution is -1.96. The number of carbonyl (C=O) groups is 1. The van der Waals surface area contributed by atoms with Crippen molar-refractivity contribution in [2.45, 2.75) is 13.8 Å². The molecule has 0 spiro atoms. The molecule has 16 heavy (non-hydrogen) atoms. The summed E-state index contributed by atoms with van der Waals surface area (Å²) < 4.78 is 0. The molecule has 0 heterocycles. The Labute approximate surface area is 92.2 Å². The molecular formula is C11H11NO4. The first-order valence-electron chi connectivity index (χ1n) is 4.58. The van der Waals surface area contributed by atoms with Crippen LogP contribution in [0.2, 0.25) is 0 Å². The van der Waals surface area contributed by atoms with E-state index in [1.165, 1.54) is 19.1 Å². The van der Waals surface area contributed by atoms with Crippen molar-refractivity contribution in [3.05, 3.63) is 45.0 Å². The van der Waals surface area contributed by atoms with Crippen molar-refractivity contribution in [1.29, 1.82) is 0 Å². The van der Waals surface area contributed by atoms with E-state index in [0.717, 1.165) is 0 Å². The summed E-state index contributed by atoms with van der Waals surface area (Å²) in [5.41, 5.74) is 1.19. The van der Waals surface area contributed by atoms with Crippen LogP contribution in [0, 0.1) is 17.0 Å². The van der Waals surface area contributed by atoms with E-state index >= 15 is 0 Å². The number of hydrogen-bond donors (Lipinski definition) is 1. The number of rotatable bonds is 3. The molecule has 5 heteroatoms. The molecule has 1 aromatic carbocycles. The third-order valence-corrected chi connectivity index (χ3v) is 2.15. The molecule has 1 rings (SSSR count). The van der Waals surface area contributed by atoms with E-state index in [1.54, 1.807) is 19.1 Å². The van der Waals surface area contributed by atoms with Crippen molar-refractivity contribution in [1.82, 2.24) is 0 Å². The molecule has 5 nitrogen and oxygen atoms in total. The number of benzene rings is 1. The Hall–Kier alpha value is -2.17. The van der Waals surface area contributed by atoms with E-state index in [2.05, 4.69) is 0 Å². The summed E-state index contributed by atoms with van der Waals surface area (Å²) in [4.78, 5) is 20.8. The van der Waals surface area contributed by atoms with Gasteiger partial charge in [-0.15, -0.1) is 0 Å². The monoisotopic (exact) mass is 221 g/mol. The van der Waals surface area contributed by atoms with Gasteiger partial charge in [-0.05, 0) is 25.5 Å². The minimum atomic E-state index is -1.04. The van der Waals surface area contributed by atoms with E-state index in [0.29, 0.717) is 11.1 Å². The highest BCUT2D eigenvalue weighted by atomic mass is 16.6. The Morgan fingerprint density at radius 3 is 2.62 bits per heavy atom. The summed E-state index contributed by atoms with van der Waals surface area (Å²) in [6.07, 6.45) is 1.40. The van der Waals surface area contributed by atoms with Crippen molar-refractivity contribution >= 4 is 17.7 Å². The normalized spacial score (nSPS) is 11.2. The lowest BCUT2D eigenvalue weighted by atomic mass is 10.1. The van der Waals surface area contributed by atoms with Crippen molar-refractivity contribution < 1.29 is 14.8 Å². The van der Waals surface area contributed by atoms with E-state index in [1.807, 2.05) is 0 Å². The second-order valence-corrected chi connectivity index (χ2v) is 3.44. The van der Waals surface area contributed by atoms with E-state index < -0.39 is 10.9 Å². The fourth-order valence-electron chi connectivity index (χ4n) is 1.22. The molecule has 0 aliphatic heterocycles. The van der Waals surface area contributed by atoms with Crippen LogP contribution in [0.1, 0.15) is 18.1 Å². The van der Waals surface area contributed by atoms with Crippen LogP contribution in [-0.2, 0) is 4.79 Å². The van der Waals surface area contributed by atoms with Crippen molar-refractivity contribution in [2.24, 2.45) is 0 Å². The molecule has 0 unspecified atom stereocenters. The number of carboxylic acids is 1. The van der Waals surface area contributed by atoms with Gasteiger partial charge in [0.2, 0.25) is 0 Å². The fraction of sp³-hybridized carbons (Fsp3) is 0.182. The summed E-state index contributed by atoms with van der Waals surface area (Å²) in [6, 6.07) is 4.61. The first-order valence-corrected chi connectivity index (χ1v) is 4.58. The van der Waals surface area contributed by atoms with Gasteiger partial charge in [-0.1, -0.05) is 12.1 Å². The molecule has 0 saturated heterocycles. The van der Waals surface area contributed by atoms with E-state index in [9.17, 15) is 14.9 Å². The minimum absolute atomic E-state index is 0.00746. The summed E-state index contributed by atoms with van der Waals surface area (Å²) in [5, 5.41) is 19.3. The number of nitrogens with zero attached hydrogens (tertiary/aromatic N) is 1. The average molecular weight is 221 g/mol. The predicted molar refractivity (Wildman–Crippen MR) is 59.1 cm³/mol. The quantitative estimate of drug-likeness (QED) is 0.482. The summed E-state index contributed by atoms with van der Waals surface area (Å²) >= 11 is 0. The molecule has 0 aliphatic rings. The Bertz CT molecular complexity index is 477. The molecule has 84 valence electrons. The molecule has 0 aromatic heterocycles. The zero-order valence-corrected chi connectivity index (χ0v) is 8.93. The topological polar surface area (TPSA) is 80.4 Å². The van der Waals surface area contributed by atoms with Gasteiger partial charge in [0, 0.05) is 17.2 Å². The molecule has 0 bridgehead atoms. The molecule has 1 aromatic rings. The lowest BCUT2D eigenvalue weighted by Gasteiger charge is -1.99. The van der Waals surface area contributed by atoms with Gasteiger partial charge in [-0.25, -0.2) is 4.79 Å². The summed E-state index contributed by atoms with van der Waals surface area (Å²) in [5.74, 6) is -1.04. The minimum Gasteiger partial charge on any atom is -0.478 e. The van der Waals surface area contributed by atoms with Crippen LogP contribution in [0.25, 0.3) is 6.08 Å². The van der Waals surface area contributed by atoms with Gasteiger partial charge < -0.3 is 5.11 Å². The van der Waals surface area contributed by atoms with Gasteiger partial charge in [-0.3, -0.25) is 10.1 Å². The van der Waals surface area contributed by atoms with Gasteiger partial charge >= 0.3 is 5.97 Å². The molecule has 0 amide bonds. The number of aliphatic carboxylic acids is 1. The molecular weight excluding hydrogens is 210 g/mol. The van der Waals surface area contributed by atoms with Gasteiger partial charge in [0.15, 0.2) is 0 Å². The Morgan fingerprint density at radius 1 is 1.50 bits per heavy atom. The zero-order chi connectivity index (χ0) is 12.3. The lowest BCUT2D eigenvalue weighted by molar-refractivity contribution is -0.385. The van der Waals surface area contributed by atoms with Crippen LogP contribution >= 0.6 is 0 Å². The van der Waals surface area contributed by atoms with Gasteiger partial charge in [-0.2, -0.15) is 0 Å². The van der Waals surface area contributed by atoms with Crippen LogP contribution < -0.4 is 0 Å². The second kappa shape index (κ2) is 4.57. The molecule has 0 atom stereocenters. The maximum atomic E-state index is 10.7. The first-order chi connectivity index (χ1) is 7.41. The molecule has 1 N–H and O–H groups in total. The number of nitro benzene ring substituents is 1. The Morgan fingerprint density at radius 2 is 2.12 bits per heavy atom. The number of carboxylic acid groups (broad SMARTS) is 1. The smallest absolute Gasteiger partial charge is 0.331 e. The average Bonchev–Trinajstić information content (AvgIpc) is 2.20. The fourth-order valence-corrected chi connectivity index (χ4v) is 1.22. The molecule has 0 radical (unpaired) electrons. The molecule has 0 fully saturated rings. The standard InChI is InChI=1S/C11H11NO4/c1-7-3-4-9(5-8(2)11(13)14)6-10(7)12(15)16/h3-6H,1-2H3,(H,13,14). The van der Waals surface area contributed by atoms with Crippen LogP contribution in [0.3, 0.4) is 0 Å². The van der Waals surface area contributed by atoms with E-state index in [4.69, 9.17) is 5.11 Å². The van der Waals surface area contributed by atoms with Gasteiger partial charge in [0.1, 0.15) is 0 Å². The molecule has 0 aliphatic carbocycles. The van der Waals surface area contributed by atoms with Crippen molar-refractivity contribution in [2.75, 3.05) is 0 Å². The molecule has 0 saturated carbocycles. The highest BCUT2D eigenvalue weighted by molar-refractivity contribution is 5.91. The number of aryl methyl sites for hydroxylation is 1.